The summed E-state index contributed by atoms with van der Waals surface area (Å²) in [5.74, 6) is 1.71. The van der Waals surface area contributed by atoms with Gasteiger partial charge in [-0.1, -0.05) is 24.3 Å². The van der Waals surface area contributed by atoms with E-state index in [0.717, 1.165) is 23.9 Å². The zero-order valence-electron chi connectivity index (χ0n) is 11.2. The first-order chi connectivity index (χ1) is 9.35. The van der Waals surface area contributed by atoms with Crippen LogP contribution in [-0.4, -0.2) is 7.11 Å². The zero-order chi connectivity index (χ0) is 13.1. The maximum Gasteiger partial charge on any atom is 0.119 e. The number of methoxy groups -OCH3 is 1. The number of ether oxygens (including phenoxy) is 1. The van der Waals surface area contributed by atoms with Crippen molar-refractivity contribution >= 4 is 5.69 Å². The number of hydrogen-bond donors (Lipinski definition) is 1. The van der Waals surface area contributed by atoms with Crippen molar-refractivity contribution in [3.05, 3.63) is 59.7 Å². The highest BCUT2D eigenvalue weighted by atomic mass is 16.5. The molecule has 3 rings (SSSR count). The fourth-order valence-electron chi connectivity index (χ4n) is 2.29. The monoisotopic (exact) mass is 253 g/mol. The molecular formula is C17H19NO. The predicted octanol–water partition coefficient (Wildman–Crippen LogP) is 4.18. The van der Waals surface area contributed by atoms with Gasteiger partial charge in [0.05, 0.1) is 7.11 Å². The van der Waals surface area contributed by atoms with Crippen molar-refractivity contribution in [3.8, 4) is 5.75 Å². The van der Waals surface area contributed by atoms with Gasteiger partial charge < -0.3 is 10.1 Å². The van der Waals surface area contributed by atoms with Gasteiger partial charge in [-0.05, 0) is 54.2 Å². The third-order valence-corrected chi connectivity index (χ3v) is 3.59. The average Bonchev–Trinajstić information content (AvgIpc) is 3.31. The highest BCUT2D eigenvalue weighted by Gasteiger charge is 2.23. The molecule has 2 aromatic carbocycles. The molecule has 2 nitrogen and oxygen atoms in total. The van der Waals surface area contributed by atoms with Crippen molar-refractivity contribution < 1.29 is 4.74 Å². The van der Waals surface area contributed by atoms with Gasteiger partial charge in [0.25, 0.3) is 0 Å². The van der Waals surface area contributed by atoms with Gasteiger partial charge in [0.15, 0.2) is 0 Å². The van der Waals surface area contributed by atoms with E-state index in [1.165, 1.54) is 24.0 Å². The summed E-state index contributed by atoms with van der Waals surface area (Å²) < 4.78 is 5.15. The van der Waals surface area contributed by atoms with E-state index in [4.69, 9.17) is 4.74 Å². The third kappa shape index (κ3) is 3.08. The Morgan fingerprint density at radius 2 is 1.89 bits per heavy atom. The van der Waals surface area contributed by atoms with Crippen LogP contribution in [0.3, 0.4) is 0 Å². The molecule has 0 unspecified atom stereocenters. The highest BCUT2D eigenvalue weighted by molar-refractivity contribution is 5.47. The van der Waals surface area contributed by atoms with E-state index < -0.39 is 0 Å². The Balaban J connectivity index is 1.62. The molecule has 1 saturated carbocycles. The molecule has 2 heteroatoms. The smallest absolute Gasteiger partial charge is 0.119 e. The van der Waals surface area contributed by atoms with Crippen LogP contribution in [0.1, 0.15) is 29.9 Å². The van der Waals surface area contributed by atoms with E-state index in [1.807, 2.05) is 24.3 Å². The van der Waals surface area contributed by atoms with E-state index in [0.29, 0.717) is 0 Å². The first-order valence-electron chi connectivity index (χ1n) is 6.82. The second-order valence-electron chi connectivity index (χ2n) is 5.10. The minimum absolute atomic E-state index is 0.820. The van der Waals surface area contributed by atoms with Crippen LogP contribution in [0.2, 0.25) is 0 Å². The third-order valence-electron chi connectivity index (χ3n) is 3.59. The lowest BCUT2D eigenvalue weighted by Crippen LogP contribution is -1.99. The average molecular weight is 253 g/mol. The standard InChI is InChI=1S/C17H19NO/c1-19-17-9-7-16(8-10-17)18-12-13-3-2-4-15(11-13)14-5-6-14/h2-4,7-11,14,18H,5-6,12H2,1H3. The summed E-state index contributed by atoms with van der Waals surface area (Å²) in [6, 6.07) is 17.0. The molecule has 0 spiro atoms. The molecule has 0 aliphatic heterocycles. The molecule has 0 aromatic heterocycles. The Morgan fingerprint density at radius 3 is 2.58 bits per heavy atom. The second kappa shape index (κ2) is 5.35. The fourth-order valence-corrected chi connectivity index (χ4v) is 2.29. The van der Waals surface area contributed by atoms with Crippen molar-refractivity contribution in [1.29, 1.82) is 0 Å². The molecule has 98 valence electrons. The quantitative estimate of drug-likeness (QED) is 0.863. The summed E-state index contributed by atoms with van der Waals surface area (Å²) in [7, 11) is 1.69. The van der Waals surface area contributed by atoms with Gasteiger partial charge in [-0.15, -0.1) is 0 Å². The molecule has 0 bridgehead atoms. The topological polar surface area (TPSA) is 21.3 Å². The van der Waals surface area contributed by atoms with Crippen molar-refractivity contribution in [2.75, 3.05) is 12.4 Å². The Hall–Kier alpha value is -1.96. The molecule has 1 aliphatic carbocycles. The molecule has 19 heavy (non-hydrogen) atoms. The summed E-state index contributed by atoms with van der Waals surface area (Å²) in [6.45, 7) is 0.868. The van der Waals surface area contributed by atoms with Crippen molar-refractivity contribution in [1.82, 2.24) is 0 Å². The maximum atomic E-state index is 5.15. The van der Waals surface area contributed by atoms with Gasteiger partial charge >= 0.3 is 0 Å². The summed E-state index contributed by atoms with van der Waals surface area (Å²) in [4.78, 5) is 0. The Kier molecular flexibility index (Phi) is 3.41. The predicted molar refractivity (Wildman–Crippen MR) is 78.7 cm³/mol. The number of hydrogen-bond acceptors (Lipinski definition) is 2. The van der Waals surface area contributed by atoms with Crippen LogP contribution >= 0.6 is 0 Å². The largest absolute Gasteiger partial charge is 0.497 e. The van der Waals surface area contributed by atoms with Gasteiger partial charge in [0, 0.05) is 12.2 Å². The number of anilines is 1. The molecule has 2 aromatic rings. The lowest BCUT2D eigenvalue weighted by Gasteiger charge is -2.08. The van der Waals surface area contributed by atoms with Gasteiger partial charge in [-0.3, -0.25) is 0 Å². The molecule has 1 fully saturated rings. The zero-order valence-corrected chi connectivity index (χ0v) is 11.2. The van der Waals surface area contributed by atoms with Crippen LogP contribution in [0.15, 0.2) is 48.5 Å². The van der Waals surface area contributed by atoms with Gasteiger partial charge in [0.2, 0.25) is 0 Å². The Bertz CT molecular complexity index is 543. The fraction of sp³-hybridized carbons (Fsp3) is 0.294. The van der Waals surface area contributed by atoms with Crippen LogP contribution in [0, 0.1) is 0 Å². The minimum atomic E-state index is 0.820. The second-order valence-corrected chi connectivity index (χ2v) is 5.10. The van der Waals surface area contributed by atoms with Crippen molar-refractivity contribution in [2.24, 2.45) is 0 Å². The maximum absolute atomic E-state index is 5.15. The first-order valence-corrected chi connectivity index (χ1v) is 6.82. The summed E-state index contributed by atoms with van der Waals surface area (Å²) in [5.41, 5.74) is 3.96. The van der Waals surface area contributed by atoms with Crippen LogP contribution in [0.5, 0.6) is 5.75 Å². The van der Waals surface area contributed by atoms with E-state index in [1.54, 1.807) is 7.11 Å². The van der Waals surface area contributed by atoms with Gasteiger partial charge in [-0.25, -0.2) is 0 Å². The highest BCUT2D eigenvalue weighted by Crippen LogP contribution is 2.40. The van der Waals surface area contributed by atoms with E-state index in [-0.39, 0.29) is 0 Å². The van der Waals surface area contributed by atoms with Crippen LogP contribution in [0.25, 0.3) is 0 Å². The summed E-state index contributed by atoms with van der Waals surface area (Å²) in [6.07, 6.45) is 2.71. The summed E-state index contributed by atoms with van der Waals surface area (Å²) >= 11 is 0. The van der Waals surface area contributed by atoms with Gasteiger partial charge in [-0.2, -0.15) is 0 Å². The number of benzene rings is 2. The Labute approximate surface area is 114 Å². The van der Waals surface area contributed by atoms with Crippen molar-refractivity contribution in [2.45, 2.75) is 25.3 Å². The lowest BCUT2D eigenvalue weighted by atomic mass is 10.1. The van der Waals surface area contributed by atoms with Crippen LogP contribution in [-0.2, 0) is 6.54 Å². The minimum Gasteiger partial charge on any atom is -0.497 e. The normalized spacial score (nSPS) is 14.2. The van der Waals surface area contributed by atoms with E-state index >= 15 is 0 Å². The molecule has 0 atom stereocenters. The molecule has 1 N–H and O–H groups in total. The molecule has 0 heterocycles. The molecular weight excluding hydrogens is 234 g/mol. The van der Waals surface area contributed by atoms with Gasteiger partial charge in [0.1, 0.15) is 5.75 Å². The summed E-state index contributed by atoms with van der Waals surface area (Å²) in [5, 5.41) is 3.44. The molecule has 0 saturated heterocycles. The van der Waals surface area contributed by atoms with Crippen molar-refractivity contribution in [3.63, 3.8) is 0 Å². The lowest BCUT2D eigenvalue weighted by molar-refractivity contribution is 0.415. The van der Waals surface area contributed by atoms with E-state index in [2.05, 4.69) is 29.6 Å². The molecule has 0 amide bonds. The number of rotatable bonds is 5. The SMILES string of the molecule is COc1ccc(NCc2cccc(C3CC3)c2)cc1. The molecule has 0 radical (unpaired) electrons. The first kappa shape index (κ1) is 12.1. The molecule has 1 aliphatic rings. The van der Waals surface area contributed by atoms with E-state index in [9.17, 15) is 0 Å². The number of nitrogens with one attached hydrogen (secondary N) is 1. The van der Waals surface area contributed by atoms with Crippen LogP contribution < -0.4 is 10.1 Å². The Morgan fingerprint density at radius 1 is 1.11 bits per heavy atom. The van der Waals surface area contributed by atoms with Crippen LogP contribution in [0.4, 0.5) is 5.69 Å².